The molecule has 2 aromatic heterocycles. The summed E-state index contributed by atoms with van der Waals surface area (Å²) in [5.41, 5.74) is -0.103. The van der Waals surface area contributed by atoms with Gasteiger partial charge in [0.2, 0.25) is 0 Å². The molecule has 200 valence electrons. The Kier molecular flexibility index (Phi) is 8.49. The summed E-state index contributed by atoms with van der Waals surface area (Å²) in [5, 5.41) is 2.53. The van der Waals surface area contributed by atoms with E-state index in [2.05, 4.69) is 4.98 Å². The summed E-state index contributed by atoms with van der Waals surface area (Å²) in [5.74, 6) is -0.854. The van der Waals surface area contributed by atoms with E-state index in [1.807, 2.05) is 11.4 Å². The van der Waals surface area contributed by atoms with Gasteiger partial charge in [-0.2, -0.15) is 0 Å². The van der Waals surface area contributed by atoms with Crippen LogP contribution in [0.4, 0.5) is 9.59 Å². The van der Waals surface area contributed by atoms with Crippen molar-refractivity contribution in [3.63, 3.8) is 0 Å². The average molecular weight is 549 g/mol. The van der Waals surface area contributed by atoms with Gasteiger partial charge in [-0.1, -0.05) is 30.3 Å². The molecule has 3 rings (SSSR count). The topological polar surface area (TPSA) is 112 Å². The molecule has 0 fully saturated rings. The molecule has 0 spiro atoms. The molecule has 11 heteroatoms. The average Bonchev–Trinajstić information content (AvgIpc) is 3.22. The molecule has 0 aliphatic carbocycles. The van der Waals surface area contributed by atoms with E-state index >= 15 is 0 Å². The fourth-order valence-electron chi connectivity index (χ4n) is 3.38. The second kappa shape index (κ2) is 11.1. The molecule has 3 aromatic rings. The van der Waals surface area contributed by atoms with E-state index in [-0.39, 0.29) is 5.75 Å². The third-order valence-electron chi connectivity index (χ3n) is 4.76. The number of amides is 1. The smallest absolute Gasteiger partial charge is 0.442 e. The summed E-state index contributed by atoms with van der Waals surface area (Å²) in [6.07, 6.45) is -0.666. The van der Waals surface area contributed by atoms with Gasteiger partial charge in [-0.25, -0.2) is 18.0 Å². The summed E-state index contributed by atoms with van der Waals surface area (Å²) in [7, 11) is -3.84. The van der Waals surface area contributed by atoms with Gasteiger partial charge in [-0.3, -0.25) is 9.82 Å². The van der Waals surface area contributed by atoms with Crippen LogP contribution in [0.2, 0.25) is 0 Å². The second-order valence-corrected chi connectivity index (χ2v) is 13.5. The Bertz CT molecular complexity index is 1340. The molecular weight excluding hydrogens is 516 g/mol. The normalized spacial score (nSPS) is 13.1. The molecule has 1 aromatic carbocycles. The predicted octanol–water partition coefficient (Wildman–Crippen LogP) is 6.06. The Balaban J connectivity index is 1.96. The maximum absolute atomic E-state index is 13.4. The number of hydrogen-bond acceptors (Lipinski definition) is 9. The zero-order valence-corrected chi connectivity index (χ0v) is 23.4. The van der Waals surface area contributed by atoms with E-state index in [1.54, 1.807) is 77.9 Å². The Labute approximate surface area is 221 Å². The Hall–Kier alpha value is -3.18. The van der Waals surface area contributed by atoms with Gasteiger partial charge in [0.25, 0.3) is 0 Å². The van der Waals surface area contributed by atoms with Crippen molar-refractivity contribution in [3.8, 4) is 0 Å². The first-order valence-corrected chi connectivity index (χ1v) is 14.3. The summed E-state index contributed by atoms with van der Waals surface area (Å²) < 4.78 is 38.4. The zero-order valence-electron chi connectivity index (χ0n) is 21.8. The number of carbonyl (C=O) groups is 2. The van der Waals surface area contributed by atoms with Crippen LogP contribution in [-0.2, 0) is 29.9 Å². The summed E-state index contributed by atoms with van der Waals surface area (Å²) >= 11 is 1.47. The molecular formula is C26H32N2O7S2. The number of thiophene rings is 1. The Morgan fingerprint density at radius 1 is 1.00 bits per heavy atom. The van der Waals surface area contributed by atoms with Crippen molar-refractivity contribution in [2.24, 2.45) is 0 Å². The van der Waals surface area contributed by atoms with Gasteiger partial charge in [0.05, 0.1) is 21.7 Å². The number of benzene rings is 1. The molecule has 0 saturated heterocycles. The number of ether oxygens (including phenoxy) is 2. The number of hydroxylamine groups is 2. The van der Waals surface area contributed by atoms with Gasteiger partial charge in [-0.15, -0.1) is 16.4 Å². The van der Waals surface area contributed by atoms with Crippen molar-refractivity contribution >= 4 is 43.6 Å². The maximum Gasteiger partial charge on any atom is 0.534 e. The van der Waals surface area contributed by atoms with Crippen molar-refractivity contribution in [3.05, 3.63) is 65.2 Å². The lowest BCUT2D eigenvalue weighted by molar-refractivity contribution is -0.153. The van der Waals surface area contributed by atoms with Crippen LogP contribution in [0.5, 0.6) is 0 Å². The lowest BCUT2D eigenvalue weighted by Crippen LogP contribution is -2.44. The lowest BCUT2D eigenvalue weighted by atomic mass is 10.1. The quantitative estimate of drug-likeness (QED) is 0.270. The minimum atomic E-state index is -3.84. The third kappa shape index (κ3) is 8.71. The largest absolute Gasteiger partial charge is 0.534 e. The first kappa shape index (κ1) is 28.4. The Morgan fingerprint density at radius 3 is 2.27 bits per heavy atom. The molecule has 0 saturated carbocycles. The number of pyridine rings is 1. The molecule has 2 heterocycles. The van der Waals surface area contributed by atoms with E-state index in [0.29, 0.717) is 16.2 Å². The fourth-order valence-corrected chi connectivity index (χ4v) is 5.77. The van der Waals surface area contributed by atoms with Gasteiger partial charge >= 0.3 is 12.2 Å². The molecule has 9 nitrogen and oxygen atoms in total. The first-order valence-electron chi connectivity index (χ1n) is 11.6. The van der Waals surface area contributed by atoms with E-state index in [1.165, 1.54) is 17.5 Å². The summed E-state index contributed by atoms with van der Waals surface area (Å²) in [6, 6.07) is 10.9. The van der Waals surface area contributed by atoms with Gasteiger partial charge < -0.3 is 9.47 Å². The molecule has 0 radical (unpaired) electrons. The molecule has 0 N–H and O–H groups in total. The van der Waals surface area contributed by atoms with Crippen LogP contribution in [0.15, 0.2) is 54.0 Å². The van der Waals surface area contributed by atoms with Gasteiger partial charge in [0.15, 0.2) is 9.84 Å². The number of rotatable bonds is 6. The van der Waals surface area contributed by atoms with Crippen molar-refractivity contribution in [2.75, 3.05) is 5.75 Å². The van der Waals surface area contributed by atoms with E-state index in [9.17, 15) is 18.0 Å². The third-order valence-corrected chi connectivity index (χ3v) is 7.21. The highest BCUT2D eigenvalue weighted by Gasteiger charge is 2.37. The monoisotopic (exact) mass is 548 g/mol. The van der Waals surface area contributed by atoms with Crippen LogP contribution in [0.3, 0.4) is 0 Å². The van der Waals surface area contributed by atoms with E-state index in [0.717, 1.165) is 10.2 Å². The van der Waals surface area contributed by atoms with Gasteiger partial charge in [-0.05, 0) is 70.2 Å². The molecule has 1 atom stereocenters. The highest BCUT2D eigenvalue weighted by molar-refractivity contribution is 7.90. The van der Waals surface area contributed by atoms with Gasteiger partial charge in [0, 0.05) is 6.20 Å². The van der Waals surface area contributed by atoms with E-state index in [4.69, 9.17) is 14.3 Å². The number of carbonyl (C=O) groups excluding carboxylic acids is 2. The molecule has 0 bridgehead atoms. The van der Waals surface area contributed by atoms with Crippen LogP contribution in [-0.4, -0.2) is 47.7 Å². The number of hydrogen-bond donors (Lipinski definition) is 0. The highest BCUT2D eigenvalue weighted by Crippen LogP contribution is 2.28. The van der Waals surface area contributed by atoms with Crippen LogP contribution < -0.4 is 0 Å². The fraction of sp³-hybridized carbons (Fsp3) is 0.423. The molecule has 1 unspecified atom stereocenters. The minimum Gasteiger partial charge on any atom is -0.442 e. The van der Waals surface area contributed by atoms with Crippen molar-refractivity contribution in [1.82, 2.24) is 10.0 Å². The van der Waals surface area contributed by atoms with Crippen molar-refractivity contribution in [1.29, 1.82) is 0 Å². The van der Waals surface area contributed by atoms with Crippen LogP contribution in [0.1, 0.15) is 58.7 Å². The van der Waals surface area contributed by atoms with Crippen molar-refractivity contribution < 1.29 is 32.3 Å². The highest BCUT2D eigenvalue weighted by atomic mass is 32.2. The number of nitrogens with zero attached hydrogens (tertiary/aromatic N) is 2. The SMILES string of the molecule is CC(C)(C)OC(=O)ON(C(=O)OC(C)(C)C)C(CS(=O)(=O)Cc1cnc2ccsc2c1)c1ccccc1. The Morgan fingerprint density at radius 2 is 1.65 bits per heavy atom. The van der Waals surface area contributed by atoms with Crippen molar-refractivity contribution in [2.45, 2.75) is 64.5 Å². The standard InChI is InChI=1S/C26H32N2O7S2/c1-25(2,3)33-23(29)28(35-24(30)34-26(4,5)6)21(19-10-8-7-9-11-19)17-37(31,32)16-18-14-22-20(27-15-18)12-13-36-22/h7-15,21H,16-17H2,1-6H3. The van der Waals surface area contributed by atoms with Crippen LogP contribution >= 0.6 is 11.3 Å². The van der Waals surface area contributed by atoms with Crippen LogP contribution in [0, 0.1) is 0 Å². The predicted molar refractivity (Wildman–Crippen MR) is 142 cm³/mol. The number of fused-ring (bicyclic) bond motifs is 1. The lowest BCUT2D eigenvalue weighted by Gasteiger charge is -2.32. The molecule has 0 aliphatic rings. The van der Waals surface area contributed by atoms with Crippen LogP contribution in [0.25, 0.3) is 10.2 Å². The second-order valence-electron chi connectivity index (χ2n) is 10.5. The molecule has 37 heavy (non-hydrogen) atoms. The molecule has 0 aliphatic heterocycles. The summed E-state index contributed by atoms with van der Waals surface area (Å²) in [4.78, 5) is 35.4. The zero-order chi connectivity index (χ0) is 27.4. The van der Waals surface area contributed by atoms with E-state index < -0.39 is 45.1 Å². The summed E-state index contributed by atoms with van der Waals surface area (Å²) in [6.45, 7) is 9.88. The number of sulfone groups is 1. The minimum absolute atomic E-state index is 0.314. The number of aromatic nitrogens is 1. The molecule has 1 amide bonds. The first-order chi connectivity index (χ1) is 17.1. The maximum atomic E-state index is 13.4. The van der Waals surface area contributed by atoms with Gasteiger partial charge in [0.1, 0.15) is 17.2 Å².